The van der Waals surface area contributed by atoms with E-state index in [4.69, 9.17) is 4.52 Å². The van der Waals surface area contributed by atoms with E-state index in [2.05, 4.69) is 37.5 Å². The molecule has 0 aliphatic heterocycles. The fraction of sp³-hybridized carbons (Fsp3) is 0.615. The van der Waals surface area contributed by atoms with Crippen LogP contribution in [0.15, 0.2) is 23.1 Å². The lowest BCUT2D eigenvalue weighted by atomic mass is 10.3. The Morgan fingerprint density at radius 3 is 3.05 bits per heavy atom. The van der Waals surface area contributed by atoms with Crippen LogP contribution in [-0.2, 0) is 13.0 Å². The van der Waals surface area contributed by atoms with E-state index in [-0.39, 0.29) is 0 Å². The van der Waals surface area contributed by atoms with E-state index in [1.54, 1.807) is 0 Å². The summed E-state index contributed by atoms with van der Waals surface area (Å²) in [6.07, 6.45) is 9.49. The van der Waals surface area contributed by atoms with Gasteiger partial charge in [0, 0.05) is 25.7 Å². The molecule has 3 rings (SSSR count). The fourth-order valence-corrected chi connectivity index (χ4v) is 2.56. The van der Waals surface area contributed by atoms with Crippen molar-refractivity contribution in [2.75, 3.05) is 6.54 Å². The Balaban J connectivity index is 1.42. The second-order valence-corrected chi connectivity index (χ2v) is 4.99. The SMILES string of the molecule is c1noc(CCNCc2ccn(C3CCCC3)n2)n1. The highest BCUT2D eigenvalue weighted by Crippen LogP contribution is 2.28. The molecule has 0 aromatic carbocycles. The molecule has 0 saturated heterocycles. The first kappa shape index (κ1) is 12.3. The molecule has 6 heteroatoms. The van der Waals surface area contributed by atoms with Crippen molar-refractivity contribution in [3.63, 3.8) is 0 Å². The summed E-state index contributed by atoms with van der Waals surface area (Å²) in [7, 11) is 0. The molecule has 1 aliphatic rings. The minimum atomic E-state index is 0.618. The van der Waals surface area contributed by atoms with Gasteiger partial charge in [-0.2, -0.15) is 10.1 Å². The van der Waals surface area contributed by atoms with Gasteiger partial charge in [0.25, 0.3) is 0 Å². The number of rotatable bonds is 6. The summed E-state index contributed by atoms with van der Waals surface area (Å²) in [5.74, 6) is 0.670. The Morgan fingerprint density at radius 1 is 1.37 bits per heavy atom. The van der Waals surface area contributed by atoms with Crippen molar-refractivity contribution in [3.8, 4) is 0 Å². The van der Waals surface area contributed by atoms with Crippen molar-refractivity contribution in [2.45, 2.75) is 44.7 Å². The topological polar surface area (TPSA) is 68.8 Å². The summed E-state index contributed by atoms with van der Waals surface area (Å²) < 4.78 is 7.06. The zero-order valence-electron chi connectivity index (χ0n) is 11.0. The maximum atomic E-state index is 4.94. The van der Waals surface area contributed by atoms with Gasteiger partial charge in [0.1, 0.15) is 0 Å². The number of aromatic nitrogens is 4. The molecule has 0 amide bonds. The first-order valence-corrected chi connectivity index (χ1v) is 6.92. The first-order valence-electron chi connectivity index (χ1n) is 6.92. The van der Waals surface area contributed by atoms with Gasteiger partial charge in [-0.3, -0.25) is 4.68 Å². The summed E-state index contributed by atoms with van der Waals surface area (Å²) in [4.78, 5) is 3.98. The van der Waals surface area contributed by atoms with Gasteiger partial charge in [-0.1, -0.05) is 18.0 Å². The standard InChI is InChI=1S/C13H19N5O/c1-2-4-12(3-1)18-8-6-11(17-18)9-14-7-5-13-15-10-16-19-13/h6,8,10,12,14H,1-5,7,9H2. The van der Waals surface area contributed by atoms with Gasteiger partial charge in [-0.05, 0) is 18.9 Å². The lowest BCUT2D eigenvalue weighted by Crippen LogP contribution is -2.17. The van der Waals surface area contributed by atoms with E-state index < -0.39 is 0 Å². The highest BCUT2D eigenvalue weighted by molar-refractivity contribution is 5.00. The van der Waals surface area contributed by atoms with Crippen LogP contribution in [0.5, 0.6) is 0 Å². The molecule has 0 unspecified atom stereocenters. The number of nitrogens with zero attached hydrogens (tertiary/aromatic N) is 4. The second-order valence-electron chi connectivity index (χ2n) is 4.99. The molecule has 1 N–H and O–H groups in total. The maximum Gasteiger partial charge on any atom is 0.227 e. The summed E-state index contributed by atoms with van der Waals surface area (Å²) in [5.41, 5.74) is 1.09. The van der Waals surface area contributed by atoms with Gasteiger partial charge in [0.15, 0.2) is 6.33 Å². The fourth-order valence-electron chi connectivity index (χ4n) is 2.56. The maximum absolute atomic E-state index is 4.94. The van der Waals surface area contributed by atoms with Crippen molar-refractivity contribution in [1.82, 2.24) is 25.2 Å². The Morgan fingerprint density at radius 2 is 2.26 bits per heavy atom. The Labute approximate surface area is 112 Å². The number of hydrogen-bond acceptors (Lipinski definition) is 5. The van der Waals surface area contributed by atoms with E-state index >= 15 is 0 Å². The van der Waals surface area contributed by atoms with E-state index in [0.29, 0.717) is 11.9 Å². The molecule has 2 heterocycles. The number of hydrogen-bond donors (Lipinski definition) is 1. The summed E-state index contributed by atoms with van der Waals surface area (Å²) >= 11 is 0. The van der Waals surface area contributed by atoms with Gasteiger partial charge in [0.05, 0.1) is 11.7 Å². The van der Waals surface area contributed by atoms with Crippen molar-refractivity contribution in [1.29, 1.82) is 0 Å². The third kappa shape index (κ3) is 3.20. The monoisotopic (exact) mass is 261 g/mol. The van der Waals surface area contributed by atoms with Gasteiger partial charge >= 0.3 is 0 Å². The smallest absolute Gasteiger partial charge is 0.227 e. The van der Waals surface area contributed by atoms with Crippen molar-refractivity contribution in [2.24, 2.45) is 0 Å². The lowest BCUT2D eigenvalue weighted by Gasteiger charge is -2.08. The van der Waals surface area contributed by atoms with Crippen LogP contribution in [-0.4, -0.2) is 26.5 Å². The molecule has 102 valence electrons. The average molecular weight is 261 g/mol. The summed E-state index contributed by atoms with van der Waals surface area (Å²) in [6, 6.07) is 2.71. The molecular formula is C13H19N5O. The third-order valence-corrected chi connectivity index (χ3v) is 3.59. The minimum absolute atomic E-state index is 0.618. The average Bonchev–Trinajstić information content (AvgIpc) is 3.15. The van der Waals surface area contributed by atoms with Crippen molar-refractivity contribution < 1.29 is 4.52 Å². The quantitative estimate of drug-likeness (QED) is 0.802. The molecule has 19 heavy (non-hydrogen) atoms. The summed E-state index contributed by atoms with van der Waals surface area (Å²) in [6.45, 7) is 1.60. The minimum Gasteiger partial charge on any atom is -0.340 e. The predicted octanol–water partition coefficient (Wildman–Crippen LogP) is 1.71. The van der Waals surface area contributed by atoms with Gasteiger partial charge in [-0.25, -0.2) is 0 Å². The van der Waals surface area contributed by atoms with Crippen LogP contribution >= 0.6 is 0 Å². The van der Waals surface area contributed by atoms with Crippen LogP contribution < -0.4 is 5.32 Å². The van der Waals surface area contributed by atoms with Crippen LogP contribution in [0.4, 0.5) is 0 Å². The predicted molar refractivity (Wildman–Crippen MR) is 69.4 cm³/mol. The van der Waals surface area contributed by atoms with Crippen LogP contribution in [0, 0.1) is 0 Å². The van der Waals surface area contributed by atoms with Crippen LogP contribution in [0.1, 0.15) is 43.3 Å². The molecule has 0 atom stereocenters. The van der Waals surface area contributed by atoms with Gasteiger partial charge in [-0.15, -0.1) is 0 Å². The first-order chi connectivity index (χ1) is 9.42. The molecular weight excluding hydrogens is 242 g/mol. The van der Waals surface area contributed by atoms with Crippen molar-refractivity contribution >= 4 is 0 Å². The largest absolute Gasteiger partial charge is 0.340 e. The highest BCUT2D eigenvalue weighted by atomic mass is 16.5. The molecule has 0 bridgehead atoms. The number of nitrogens with one attached hydrogen (secondary N) is 1. The lowest BCUT2D eigenvalue weighted by molar-refractivity contribution is 0.374. The molecule has 6 nitrogen and oxygen atoms in total. The Kier molecular flexibility index (Phi) is 3.88. The van der Waals surface area contributed by atoms with E-state index in [0.717, 1.165) is 25.2 Å². The van der Waals surface area contributed by atoms with E-state index in [1.165, 1.54) is 32.0 Å². The van der Waals surface area contributed by atoms with E-state index in [1.807, 2.05) is 0 Å². The highest BCUT2D eigenvalue weighted by Gasteiger charge is 2.17. The molecule has 0 radical (unpaired) electrons. The van der Waals surface area contributed by atoms with Gasteiger partial charge in [0.2, 0.25) is 5.89 Å². The van der Waals surface area contributed by atoms with Gasteiger partial charge < -0.3 is 9.84 Å². The molecule has 0 spiro atoms. The second kappa shape index (κ2) is 5.97. The Bertz CT molecular complexity index is 487. The third-order valence-electron chi connectivity index (χ3n) is 3.59. The van der Waals surface area contributed by atoms with E-state index in [9.17, 15) is 0 Å². The molecule has 2 aromatic heterocycles. The zero-order valence-corrected chi connectivity index (χ0v) is 11.0. The molecule has 1 fully saturated rings. The van der Waals surface area contributed by atoms with Crippen LogP contribution in [0.25, 0.3) is 0 Å². The van der Waals surface area contributed by atoms with Crippen molar-refractivity contribution in [3.05, 3.63) is 30.2 Å². The zero-order chi connectivity index (χ0) is 12.9. The molecule has 1 saturated carbocycles. The molecule has 1 aliphatic carbocycles. The summed E-state index contributed by atoms with van der Waals surface area (Å²) in [5, 5.41) is 11.5. The van der Waals surface area contributed by atoms with Crippen LogP contribution in [0.2, 0.25) is 0 Å². The Hall–Kier alpha value is -1.69. The molecule has 2 aromatic rings. The normalized spacial score (nSPS) is 16.2. The van der Waals surface area contributed by atoms with Crippen LogP contribution in [0.3, 0.4) is 0 Å².